The first-order valence-electron chi connectivity index (χ1n) is 4.92. The van der Waals surface area contributed by atoms with E-state index in [1.54, 1.807) is 0 Å². The Hall–Kier alpha value is -0.440. The summed E-state index contributed by atoms with van der Waals surface area (Å²) in [4.78, 5) is 13.7. The molecule has 1 fully saturated rings. The van der Waals surface area contributed by atoms with E-state index in [9.17, 15) is 4.91 Å². The lowest BCUT2D eigenvalue weighted by atomic mass is 9.93. The van der Waals surface area contributed by atoms with Gasteiger partial charge in [0.25, 0.3) is 0 Å². The van der Waals surface area contributed by atoms with Crippen molar-refractivity contribution in [3.8, 4) is 0 Å². The van der Waals surface area contributed by atoms with Crippen LogP contribution in [0.3, 0.4) is 0 Å². The van der Waals surface area contributed by atoms with E-state index < -0.39 is 0 Å². The van der Waals surface area contributed by atoms with Crippen LogP contribution in [0.5, 0.6) is 0 Å². The average Bonchev–Trinajstić information content (AvgIpc) is 2.03. The van der Waals surface area contributed by atoms with Crippen LogP contribution in [0, 0.1) is 4.91 Å². The minimum atomic E-state index is -0.0260. The largest absolute Gasteiger partial charge is 0.290 e. The van der Waals surface area contributed by atoms with E-state index in [-0.39, 0.29) is 11.1 Å². The Morgan fingerprint density at radius 2 is 1.69 bits per heavy atom. The monoisotopic (exact) mass is 185 g/mol. The van der Waals surface area contributed by atoms with Gasteiger partial charge in [-0.15, -0.1) is 0 Å². The molecule has 1 aliphatic rings. The molecule has 76 valence electrons. The third-order valence-electron chi connectivity index (χ3n) is 3.35. The zero-order valence-corrected chi connectivity index (χ0v) is 9.42. The molecule has 0 amide bonds. The minimum absolute atomic E-state index is 0.0260. The minimum Gasteiger partial charge on any atom is -0.290 e. The Kier molecular flexibility index (Phi) is 2.50. The van der Waals surface area contributed by atoms with Gasteiger partial charge in [0.15, 0.2) is 6.54 Å². The van der Waals surface area contributed by atoms with E-state index in [0.29, 0.717) is 13.1 Å². The third kappa shape index (κ3) is 2.08. The summed E-state index contributed by atoms with van der Waals surface area (Å²) < 4.78 is 1.19. The predicted octanol–water partition coefficient (Wildman–Crippen LogP) is 1.66. The van der Waals surface area contributed by atoms with Crippen molar-refractivity contribution in [1.82, 2.24) is 4.90 Å². The van der Waals surface area contributed by atoms with Crippen LogP contribution in [0.4, 0.5) is 0 Å². The van der Waals surface area contributed by atoms with E-state index in [0.717, 1.165) is 6.42 Å². The number of likely N-dealkylation sites (N-methyl/N-ethyl adjacent to an activating group) is 1. The average molecular weight is 185 g/mol. The first kappa shape index (κ1) is 10.6. The highest BCUT2D eigenvalue weighted by Gasteiger charge is 2.42. The maximum atomic E-state index is 11.4. The lowest BCUT2D eigenvalue weighted by molar-refractivity contribution is -0.554. The second-order valence-electron chi connectivity index (χ2n) is 5.30. The highest BCUT2D eigenvalue weighted by molar-refractivity contribution is 4.91. The van der Waals surface area contributed by atoms with Crippen LogP contribution in [0.2, 0.25) is 0 Å². The number of nitrogens with zero attached hydrogens (tertiary/aromatic N) is 2. The molecule has 0 bridgehead atoms. The van der Waals surface area contributed by atoms with Crippen LogP contribution >= 0.6 is 0 Å². The van der Waals surface area contributed by atoms with Crippen molar-refractivity contribution in [1.29, 1.82) is 0 Å². The first-order chi connectivity index (χ1) is 5.76. The normalized spacial score (nSPS) is 28.5. The number of hydrogen-bond acceptors (Lipinski definition) is 2. The standard InChI is InChI=1S/C10H21N2O/c1-9(2)6-7-12(13)8-10(3,4)11(9)5/h6-8H2,1-5H3/q+1. The van der Waals surface area contributed by atoms with Crippen molar-refractivity contribution in [2.45, 2.75) is 45.2 Å². The number of rotatable bonds is 0. The molecule has 0 N–H and O–H groups in total. The molecule has 0 radical (unpaired) electrons. The van der Waals surface area contributed by atoms with Gasteiger partial charge in [-0.05, 0) is 39.5 Å². The molecule has 1 rings (SSSR count). The fraction of sp³-hybridized carbons (Fsp3) is 1.00. The molecule has 0 aromatic carbocycles. The third-order valence-corrected chi connectivity index (χ3v) is 3.35. The molecule has 1 saturated heterocycles. The lowest BCUT2D eigenvalue weighted by Gasteiger charge is -2.41. The van der Waals surface area contributed by atoms with Gasteiger partial charge in [-0.3, -0.25) is 4.90 Å². The molecule has 1 aliphatic heterocycles. The molecule has 3 heteroatoms. The van der Waals surface area contributed by atoms with Gasteiger partial charge in [-0.1, -0.05) is 0 Å². The van der Waals surface area contributed by atoms with Gasteiger partial charge in [0, 0.05) is 16.9 Å². The van der Waals surface area contributed by atoms with Crippen LogP contribution < -0.4 is 0 Å². The Balaban J connectivity index is 2.94. The molecule has 0 atom stereocenters. The highest BCUT2D eigenvalue weighted by atomic mass is 16.3. The molecule has 3 nitrogen and oxygen atoms in total. The molecule has 0 aromatic heterocycles. The zero-order chi connectivity index (χ0) is 10.3. The second-order valence-corrected chi connectivity index (χ2v) is 5.30. The van der Waals surface area contributed by atoms with E-state index in [4.69, 9.17) is 0 Å². The maximum absolute atomic E-state index is 11.4. The van der Waals surface area contributed by atoms with Crippen molar-refractivity contribution >= 4 is 0 Å². The van der Waals surface area contributed by atoms with Crippen LogP contribution in [0.25, 0.3) is 0 Å². The van der Waals surface area contributed by atoms with Crippen molar-refractivity contribution < 1.29 is 4.76 Å². The highest BCUT2D eigenvalue weighted by Crippen LogP contribution is 2.28. The van der Waals surface area contributed by atoms with Gasteiger partial charge < -0.3 is 0 Å². The quantitative estimate of drug-likeness (QED) is 0.536. The maximum Gasteiger partial charge on any atom is 0.209 e. The Labute approximate surface area is 80.7 Å². The molecule has 0 aromatic rings. The zero-order valence-electron chi connectivity index (χ0n) is 9.42. The number of hydrogen-bond donors (Lipinski definition) is 0. The molecule has 0 spiro atoms. The molecular weight excluding hydrogens is 164 g/mol. The summed E-state index contributed by atoms with van der Waals surface area (Å²) in [6.07, 6.45) is 0.941. The van der Waals surface area contributed by atoms with Crippen molar-refractivity contribution in [3.05, 3.63) is 4.91 Å². The Morgan fingerprint density at radius 1 is 1.15 bits per heavy atom. The van der Waals surface area contributed by atoms with Crippen LogP contribution in [0.15, 0.2) is 0 Å². The van der Waals surface area contributed by atoms with Crippen molar-refractivity contribution in [3.63, 3.8) is 0 Å². The fourth-order valence-electron chi connectivity index (χ4n) is 2.00. The van der Waals surface area contributed by atoms with E-state index in [2.05, 4.69) is 39.6 Å². The molecule has 0 unspecified atom stereocenters. The predicted molar refractivity (Wildman–Crippen MR) is 53.9 cm³/mol. The molecule has 13 heavy (non-hydrogen) atoms. The summed E-state index contributed by atoms with van der Waals surface area (Å²) in [5, 5.41) is 0. The van der Waals surface area contributed by atoms with Gasteiger partial charge >= 0.3 is 0 Å². The van der Waals surface area contributed by atoms with Crippen LogP contribution in [0.1, 0.15) is 34.1 Å². The summed E-state index contributed by atoms with van der Waals surface area (Å²) in [5.41, 5.74) is 0.102. The van der Waals surface area contributed by atoms with E-state index in [1.807, 2.05) is 0 Å². The summed E-state index contributed by atoms with van der Waals surface area (Å²) >= 11 is 0. The van der Waals surface area contributed by atoms with Crippen molar-refractivity contribution in [2.24, 2.45) is 0 Å². The molecule has 1 heterocycles. The number of nitroso groups, excluding NO2 is 1. The topological polar surface area (TPSA) is 23.3 Å². The van der Waals surface area contributed by atoms with Crippen molar-refractivity contribution in [2.75, 3.05) is 20.1 Å². The first-order valence-corrected chi connectivity index (χ1v) is 4.92. The Bertz CT molecular complexity index is 221. The second kappa shape index (κ2) is 3.05. The molecular formula is C10H21N2O+. The fourth-order valence-corrected chi connectivity index (χ4v) is 2.00. The Morgan fingerprint density at radius 3 is 2.23 bits per heavy atom. The van der Waals surface area contributed by atoms with Gasteiger partial charge in [-0.2, -0.15) is 0 Å². The summed E-state index contributed by atoms with van der Waals surface area (Å²) in [7, 11) is 2.11. The summed E-state index contributed by atoms with van der Waals surface area (Å²) in [5.74, 6) is 0. The summed E-state index contributed by atoms with van der Waals surface area (Å²) in [6.45, 7) is 9.92. The SMILES string of the molecule is CN1C(C)(C)CC[N+](=O)CC1(C)C. The van der Waals surface area contributed by atoms with Gasteiger partial charge in [0.1, 0.15) is 0 Å². The lowest BCUT2D eigenvalue weighted by Crippen LogP contribution is -2.53. The van der Waals surface area contributed by atoms with E-state index in [1.165, 1.54) is 4.76 Å². The molecule has 0 aliphatic carbocycles. The van der Waals surface area contributed by atoms with Gasteiger partial charge in [-0.25, -0.2) is 0 Å². The van der Waals surface area contributed by atoms with Gasteiger partial charge in [0.2, 0.25) is 6.54 Å². The molecule has 0 saturated carbocycles. The summed E-state index contributed by atoms with van der Waals surface area (Å²) in [6, 6.07) is 0. The van der Waals surface area contributed by atoms with Crippen LogP contribution in [-0.4, -0.2) is 40.9 Å². The van der Waals surface area contributed by atoms with Gasteiger partial charge in [0.05, 0.1) is 5.54 Å². The van der Waals surface area contributed by atoms with E-state index >= 15 is 0 Å². The van der Waals surface area contributed by atoms with Crippen LogP contribution in [-0.2, 0) is 0 Å². The smallest absolute Gasteiger partial charge is 0.209 e.